The number of anilines is 1. The Morgan fingerprint density at radius 1 is 1.12 bits per heavy atom. The predicted octanol–water partition coefficient (Wildman–Crippen LogP) is 3.30. The molecule has 0 aliphatic carbocycles. The number of benzene rings is 1. The number of nitrogens with one attached hydrogen (secondary N) is 3. The summed E-state index contributed by atoms with van der Waals surface area (Å²) in [5.74, 6) is -0.807. The average molecular weight is 622 g/mol. The molecule has 2 atom stereocenters. The van der Waals surface area contributed by atoms with E-state index in [9.17, 15) is 27.6 Å². The fourth-order valence-corrected chi connectivity index (χ4v) is 6.92. The van der Waals surface area contributed by atoms with E-state index in [1.54, 1.807) is 41.3 Å². The van der Waals surface area contributed by atoms with Crippen LogP contribution in [0.3, 0.4) is 0 Å². The van der Waals surface area contributed by atoms with Gasteiger partial charge in [-0.2, -0.15) is 4.72 Å². The van der Waals surface area contributed by atoms with Crippen LogP contribution in [-0.4, -0.2) is 80.1 Å². The van der Waals surface area contributed by atoms with Crippen LogP contribution < -0.4 is 15.4 Å². The van der Waals surface area contributed by atoms with E-state index in [1.165, 1.54) is 29.2 Å². The van der Waals surface area contributed by atoms with Gasteiger partial charge in [0.15, 0.2) is 5.78 Å². The van der Waals surface area contributed by atoms with Crippen LogP contribution in [0.4, 0.5) is 10.5 Å². The number of nitrogens with zero attached hydrogens (tertiary/aromatic N) is 2. The molecule has 4 rings (SSSR count). The maximum absolute atomic E-state index is 13.2. The Bertz CT molecular complexity index is 1440. The summed E-state index contributed by atoms with van der Waals surface area (Å²) in [5.41, 5.74) is 0.965. The summed E-state index contributed by atoms with van der Waals surface area (Å²) >= 11 is 7.11. The van der Waals surface area contributed by atoms with Crippen molar-refractivity contribution >= 4 is 68.4 Å². The molecule has 11 nitrogen and oxygen atoms in total. The Labute approximate surface area is 248 Å². The van der Waals surface area contributed by atoms with Gasteiger partial charge in [0.05, 0.1) is 10.9 Å². The number of piperidine rings is 1. The van der Waals surface area contributed by atoms with Crippen LogP contribution in [0.15, 0.2) is 41.8 Å². The zero-order chi connectivity index (χ0) is 29.6. The first kappa shape index (κ1) is 30.7. The topological polar surface area (TPSA) is 145 Å². The highest BCUT2D eigenvalue weighted by molar-refractivity contribution is 7.92. The average Bonchev–Trinajstić information content (AvgIpc) is 3.57. The SMILES string of the molecule is CC(=O)c1cccc(NC(=O)NC[C@@H]2CCCN2C(=O)CN2CCC[C@H](NS(=O)(=O)C=Cc3ccc(Cl)s3)C2=O)c1. The highest BCUT2D eigenvalue weighted by Crippen LogP contribution is 2.23. The minimum Gasteiger partial charge on any atom is -0.336 e. The number of rotatable bonds is 10. The molecule has 0 radical (unpaired) electrons. The standard InChI is InChI=1S/C27H32ClN5O6S2/c1-18(34)19-5-2-6-20(15-19)30-27(37)29-16-21-7-3-13-33(21)25(35)17-32-12-4-8-23(26(32)36)31-41(38,39)14-11-22-9-10-24(28)40-22/h2,5-6,9-11,14-15,21,23,31H,3-4,7-8,12-13,16-17H2,1H3,(H2,29,30,37)/t21-,23-/m0/s1. The molecule has 4 amide bonds. The van der Waals surface area contributed by atoms with E-state index in [0.717, 1.165) is 11.8 Å². The Balaban J connectivity index is 1.28. The Kier molecular flexibility index (Phi) is 10.2. The van der Waals surface area contributed by atoms with Gasteiger partial charge >= 0.3 is 6.03 Å². The summed E-state index contributed by atoms with van der Waals surface area (Å²) < 4.78 is 28.1. The first-order valence-corrected chi connectivity index (χ1v) is 15.9. The highest BCUT2D eigenvalue weighted by atomic mass is 35.5. The van der Waals surface area contributed by atoms with Crippen LogP contribution in [-0.2, 0) is 19.6 Å². The third kappa shape index (κ3) is 8.62. The van der Waals surface area contributed by atoms with Gasteiger partial charge in [-0.25, -0.2) is 13.2 Å². The molecule has 2 saturated heterocycles. The lowest BCUT2D eigenvalue weighted by atomic mass is 10.1. The second kappa shape index (κ2) is 13.6. The van der Waals surface area contributed by atoms with Crippen LogP contribution >= 0.6 is 22.9 Å². The van der Waals surface area contributed by atoms with Crippen LogP contribution in [0, 0.1) is 0 Å². The summed E-state index contributed by atoms with van der Waals surface area (Å²) in [4.78, 5) is 54.0. The van der Waals surface area contributed by atoms with E-state index >= 15 is 0 Å². The van der Waals surface area contributed by atoms with E-state index < -0.39 is 28.0 Å². The normalized spacial score (nSPS) is 19.5. The second-order valence-electron chi connectivity index (χ2n) is 9.92. The maximum Gasteiger partial charge on any atom is 0.319 e. The quantitative estimate of drug-likeness (QED) is 0.347. The molecule has 3 N–H and O–H groups in total. The van der Waals surface area contributed by atoms with E-state index in [2.05, 4.69) is 15.4 Å². The highest BCUT2D eigenvalue weighted by Gasteiger charge is 2.35. The van der Waals surface area contributed by atoms with Gasteiger partial charge in [0.2, 0.25) is 21.8 Å². The van der Waals surface area contributed by atoms with E-state index in [-0.39, 0.29) is 30.8 Å². The van der Waals surface area contributed by atoms with Crippen LogP contribution in [0.1, 0.15) is 47.8 Å². The lowest BCUT2D eigenvalue weighted by molar-refractivity contribution is -0.143. The molecule has 1 aromatic carbocycles. The van der Waals surface area contributed by atoms with Gasteiger partial charge in [-0.05, 0) is 62.9 Å². The van der Waals surface area contributed by atoms with Gasteiger partial charge in [0.25, 0.3) is 0 Å². The van der Waals surface area contributed by atoms with E-state index in [4.69, 9.17) is 11.6 Å². The third-order valence-electron chi connectivity index (χ3n) is 6.89. The molecule has 2 aliphatic heterocycles. The summed E-state index contributed by atoms with van der Waals surface area (Å²) in [5, 5.41) is 6.48. The minimum atomic E-state index is -3.90. The smallest absolute Gasteiger partial charge is 0.319 e. The predicted molar refractivity (Wildman–Crippen MR) is 158 cm³/mol. The fraction of sp³-hybridized carbons (Fsp3) is 0.407. The molecule has 1 aromatic heterocycles. The summed E-state index contributed by atoms with van der Waals surface area (Å²) in [6.45, 7) is 2.36. The van der Waals surface area contributed by atoms with Gasteiger partial charge in [-0.15, -0.1) is 11.3 Å². The van der Waals surface area contributed by atoms with Gasteiger partial charge in [0.1, 0.15) is 6.04 Å². The molecular formula is C27H32ClN5O6S2. The lowest BCUT2D eigenvalue weighted by Gasteiger charge is -2.34. The molecule has 14 heteroatoms. The number of halogens is 1. The molecule has 2 fully saturated rings. The van der Waals surface area contributed by atoms with Crippen molar-refractivity contribution in [2.45, 2.75) is 44.7 Å². The monoisotopic (exact) mass is 621 g/mol. The number of Topliss-reactive ketones (excluding diaryl/α,β-unsaturated/α-hetero) is 1. The number of ketones is 1. The second-order valence-corrected chi connectivity index (χ2v) is 13.3. The zero-order valence-corrected chi connectivity index (χ0v) is 24.9. The van der Waals surface area contributed by atoms with Crippen LogP contribution in [0.25, 0.3) is 6.08 Å². The van der Waals surface area contributed by atoms with Gasteiger partial charge in [0, 0.05) is 47.2 Å². The number of likely N-dealkylation sites (tertiary alicyclic amines) is 2. The van der Waals surface area contributed by atoms with Gasteiger partial charge in [-0.1, -0.05) is 23.7 Å². The summed E-state index contributed by atoms with van der Waals surface area (Å²) in [7, 11) is -3.90. The third-order valence-corrected chi connectivity index (χ3v) is 9.20. The first-order chi connectivity index (χ1) is 19.5. The van der Waals surface area contributed by atoms with Crippen molar-refractivity contribution < 1.29 is 27.6 Å². The van der Waals surface area contributed by atoms with Crippen molar-refractivity contribution in [1.29, 1.82) is 0 Å². The van der Waals surface area contributed by atoms with Crippen molar-refractivity contribution in [3.05, 3.63) is 56.6 Å². The van der Waals surface area contributed by atoms with Crippen LogP contribution in [0.5, 0.6) is 0 Å². The Morgan fingerprint density at radius 3 is 2.63 bits per heavy atom. The number of amides is 4. The van der Waals surface area contributed by atoms with Gasteiger partial charge in [-0.3, -0.25) is 14.4 Å². The van der Waals surface area contributed by atoms with Crippen LogP contribution in [0.2, 0.25) is 4.34 Å². The zero-order valence-electron chi connectivity index (χ0n) is 22.5. The number of urea groups is 1. The largest absolute Gasteiger partial charge is 0.336 e. The molecular weight excluding hydrogens is 590 g/mol. The number of carbonyl (C=O) groups excluding carboxylic acids is 4. The maximum atomic E-state index is 13.2. The molecule has 220 valence electrons. The number of hydrogen-bond acceptors (Lipinski definition) is 7. The number of hydrogen-bond donors (Lipinski definition) is 3. The molecule has 0 unspecified atom stereocenters. The van der Waals surface area contributed by atoms with E-state index in [1.807, 2.05) is 0 Å². The Morgan fingerprint density at radius 2 is 1.90 bits per heavy atom. The molecule has 2 aromatic rings. The molecule has 0 saturated carbocycles. The summed E-state index contributed by atoms with van der Waals surface area (Å²) in [6, 6.07) is 8.32. The first-order valence-electron chi connectivity index (χ1n) is 13.2. The van der Waals surface area contributed by atoms with Crippen molar-refractivity contribution in [2.24, 2.45) is 0 Å². The molecule has 2 aliphatic rings. The summed E-state index contributed by atoms with van der Waals surface area (Å²) in [6.07, 6.45) is 3.76. The van der Waals surface area contributed by atoms with Gasteiger partial charge < -0.3 is 20.4 Å². The number of carbonyl (C=O) groups is 4. The molecule has 0 spiro atoms. The van der Waals surface area contributed by atoms with Crippen molar-refractivity contribution in [2.75, 3.05) is 31.5 Å². The lowest BCUT2D eigenvalue weighted by Crippen LogP contribution is -2.55. The Hall–Kier alpha value is -3.26. The van der Waals surface area contributed by atoms with Crippen molar-refractivity contribution in [3.63, 3.8) is 0 Å². The molecule has 0 bridgehead atoms. The molecule has 41 heavy (non-hydrogen) atoms. The number of sulfonamides is 1. The van der Waals surface area contributed by atoms with E-state index in [0.29, 0.717) is 52.8 Å². The van der Waals surface area contributed by atoms with Crippen molar-refractivity contribution in [3.8, 4) is 0 Å². The minimum absolute atomic E-state index is 0.109. The molecule has 3 heterocycles. The number of thiophene rings is 1. The fourth-order valence-electron chi connectivity index (χ4n) is 4.85. The van der Waals surface area contributed by atoms with Crippen molar-refractivity contribution in [1.82, 2.24) is 19.8 Å².